The summed E-state index contributed by atoms with van der Waals surface area (Å²) in [6.07, 6.45) is 0. The van der Waals surface area contributed by atoms with Crippen LogP contribution in [0.4, 0.5) is 11.4 Å². The third kappa shape index (κ3) is 4.13. The molecule has 0 aliphatic heterocycles. The number of nitrogens with one attached hydrogen (secondary N) is 1. The van der Waals surface area contributed by atoms with Gasteiger partial charge in [-0.3, -0.25) is 14.9 Å². The highest BCUT2D eigenvalue weighted by Crippen LogP contribution is 2.17. The first kappa shape index (κ1) is 16.9. The van der Waals surface area contributed by atoms with Gasteiger partial charge in [0.15, 0.2) is 0 Å². The van der Waals surface area contributed by atoms with Crippen molar-refractivity contribution in [3.05, 3.63) is 106 Å². The lowest BCUT2D eigenvalue weighted by atomic mass is 10.1. The summed E-state index contributed by atoms with van der Waals surface area (Å²) in [6, 6.07) is 22.2. The molecule has 0 unspecified atom stereocenters. The van der Waals surface area contributed by atoms with Crippen molar-refractivity contribution in [1.82, 2.24) is 0 Å². The van der Waals surface area contributed by atoms with Crippen LogP contribution in [0.3, 0.4) is 0 Å². The van der Waals surface area contributed by atoms with Gasteiger partial charge in [-0.05, 0) is 36.4 Å². The van der Waals surface area contributed by atoms with Crippen molar-refractivity contribution in [2.75, 3.05) is 5.32 Å². The van der Waals surface area contributed by atoms with Crippen molar-refractivity contribution in [3.8, 4) is 11.8 Å². The largest absolute Gasteiger partial charge is 0.321 e. The molecule has 0 fully saturated rings. The van der Waals surface area contributed by atoms with Gasteiger partial charge in [0.25, 0.3) is 11.6 Å². The zero-order valence-electron chi connectivity index (χ0n) is 13.7. The Balaban J connectivity index is 1.81. The molecule has 0 heterocycles. The predicted molar refractivity (Wildman–Crippen MR) is 99.9 cm³/mol. The number of hydrogen-bond donors (Lipinski definition) is 1. The molecule has 0 spiro atoms. The van der Waals surface area contributed by atoms with Gasteiger partial charge >= 0.3 is 0 Å². The van der Waals surface area contributed by atoms with Crippen LogP contribution in [0.1, 0.15) is 21.5 Å². The highest BCUT2D eigenvalue weighted by molar-refractivity contribution is 6.05. The van der Waals surface area contributed by atoms with E-state index in [1.807, 2.05) is 42.5 Å². The molecule has 0 aliphatic carbocycles. The topological polar surface area (TPSA) is 72.2 Å². The highest BCUT2D eigenvalue weighted by atomic mass is 16.6. The molecular formula is C21H14N2O3. The first-order valence-electron chi connectivity index (χ1n) is 7.85. The lowest BCUT2D eigenvalue weighted by molar-refractivity contribution is -0.384. The number of carbonyl (C=O) groups excluding carboxylic acids is 1. The summed E-state index contributed by atoms with van der Waals surface area (Å²) in [5.41, 5.74) is 2.42. The fourth-order valence-corrected chi connectivity index (χ4v) is 2.29. The molecule has 3 aromatic rings. The molecular weight excluding hydrogens is 328 g/mol. The second kappa shape index (κ2) is 7.77. The van der Waals surface area contributed by atoms with Crippen LogP contribution in [0.25, 0.3) is 0 Å². The van der Waals surface area contributed by atoms with Crippen molar-refractivity contribution in [1.29, 1.82) is 0 Å². The normalized spacial score (nSPS) is 9.69. The molecule has 0 saturated heterocycles. The molecule has 0 aromatic heterocycles. The van der Waals surface area contributed by atoms with Crippen LogP contribution in [0, 0.1) is 22.0 Å². The average Bonchev–Trinajstić information content (AvgIpc) is 2.68. The van der Waals surface area contributed by atoms with Gasteiger partial charge in [-0.2, -0.15) is 0 Å². The van der Waals surface area contributed by atoms with E-state index in [0.29, 0.717) is 16.8 Å². The van der Waals surface area contributed by atoms with Crippen molar-refractivity contribution in [2.24, 2.45) is 0 Å². The van der Waals surface area contributed by atoms with E-state index < -0.39 is 4.92 Å². The number of para-hydroxylation sites is 1. The number of carbonyl (C=O) groups is 1. The quantitative estimate of drug-likeness (QED) is 0.439. The standard InChI is InChI=1S/C21H14N2O3/c24-21(18-12-14-19(15-13-18)23(25)26)22-20-9-5-4-8-17(20)11-10-16-6-2-1-3-7-16/h1-9,12-15H,(H,22,24). The van der Waals surface area contributed by atoms with Crippen LogP contribution >= 0.6 is 0 Å². The molecule has 3 rings (SSSR count). The van der Waals surface area contributed by atoms with E-state index in [9.17, 15) is 14.9 Å². The summed E-state index contributed by atoms with van der Waals surface area (Å²) in [4.78, 5) is 22.6. The van der Waals surface area contributed by atoms with Crippen LogP contribution < -0.4 is 5.32 Å². The number of anilines is 1. The second-order valence-corrected chi connectivity index (χ2v) is 5.42. The smallest absolute Gasteiger partial charge is 0.269 e. The number of nitrogens with zero attached hydrogens (tertiary/aromatic N) is 1. The van der Waals surface area contributed by atoms with E-state index in [1.54, 1.807) is 12.1 Å². The maximum Gasteiger partial charge on any atom is 0.269 e. The molecule has 0 aliphatic rings. The summed E-state index contributed by atoms with van der Waals surface area (Å²) >= 11 is 0. The van der Waals surface area contributed by atoms with Crippen LogP contribution in [0.15, 0.2) is 78.9 Å². The summed E-state index contributed by atoms with van der Waals surface area (Å²) in [5.74, 6) is 5.76. The maximum atomic E-state index is 12.4. The van der Waals surface area contributed by atoms with Gasteiger partial charge < -0.3 is 5.32 Å². The molecule has 26 heavy (non-hydrogen) atoms. The van der Waals surface area contributed by atoms with Gasteiger partial charge in [0, 0.05) is 28.8 Å². The van der Waals surface area contributed by atoms with Crippen LogP contribution in [-0.2, 0) is 0 Å². The SMILES string of the molecule is O=C(Nc1ccccc1C#Cc1ccccc1)c1ccc([N+](=O)[O-])cc1. The van der Waals surface area contributed by atoms with Crippen LogP contribution in [0.2, 0.25) is 0 Å². The fourth-order valence-electron chi connectivity index (χ4n) is 2.29. The third-order valence-electron chi connectivity index (χ3n) is 3.63. The molecule has 3 aromatic carbocycles. The van der Waals surface area contributed by atoms with E-state index in [1.165, 1.54) is 24.3 Å². The fraction of sp³-hybridized carbons (Fsp3) is 0. The van der Waals surface area contributed by atoms with Crippen molar-refractivity contribution in [3.63, 3.8) is 0 Å². The molecule has 5 heteroatoms. The predicted octanol–water partition coefficient (Wildman–Crippen LogP) is 4.25. The van der Waals surface area contributed by atoms with Crippen molar-refractivity contribution >= 4 is 17.3 Å². The van der Waals surface area contributed by atoms with Gasteiger partial charge in [-0.15, -0.1) is 0 Å². The number of rotatable bonds is 3. The number of nitro benzene ring substituents is 1. The summed E-state index contributed by atoms with van der Waals surface area (Å²) in [6.45, 7) is 0. The molecule has 1 N–H and O–H groups in total. The molecule has 0 atom stereocenters. The Morgan fingerprint density at radius 1 is 0.846 bits per heavy atom. The van der Waals surface area contributed by atoms with E-state index in [2.05, 4.69) is 17.2 Å². The number of benzene rings is 3. The van der Waals surface area contributed by atoms with Crippen molar-refractivity contribution in [2.45, 2.75) is 0 Å². The Kier molecular flexibility index (Phi) is 5.06. The Morgan fingerprint density at radius 3 is 2.19 bits per heavy atom. The first-order chi connectivity index (χ1) is 12.6. The monoisotopic (exact) mass is 342 g/mol. The van der Waals surface area contributed by atoms with Crippen LogP contribution in [0.5, 0.6) is 0 Å². The Labute approximate surface area is 150 Å². The zero-order valence-corrected chi connectivity index (χ0v) is 13.7. The Hall–Kier alpha value is -3.91. The number of hydrogen-bond acceptors (Lipinski definition) is 3. The summed E-state index contributed by atoms with van der Waals surface area (Å²) < 4.78 is 0. The van der Waals surface area contributed by atoms with E-state index in [4.69, 9.17) is 0 Å². The van der Waals surface area contributed by atoms with Gasteiger partial charge in [0.2, 0.25) is 0 Å². The zero-order chi connectivity index (χ0) is 18.4. The van der Waals surface area contributed by atoms with Crippen molar-refractivity contribution < 1.29 is 9.72 Å². The number of non-ortho nitro benzene ring substituents is 1. The molecule has 0 saturated carbocycles. The van der Waals surface area contributed by atoms with Gasteiger partial charge in [0.05, 0.1) is 10.6 Å². The minimum absolute atomic E-state index is 0.0596. The van der Waals surface area contributed by atoms with E-state index >= 15 is 0 Å². The molecule has 5 nitrogen and oxygen atoms in total. The number of nitro groups is 1. The minimum atomic E-state index is -0.504. The molecule has 0 bridgehead atoms. The Bertz CT molecular complexity index is 1000. The molecule has 126 valence electrons. The third-order valence-corrected chi connectivity index (χ3v) is 3.63. The molecule has 1 amide bonds. The lowest BCUT2D eigenvalue weighted by Crippen LogP contribution is -2.12. The average molecular weight is 342 g/mol. The Morgan fingerprint density at radius 2 is 1.50 bits per heavy atom. The highest BCUT2D eigenvalue weighted by Gasteiger charge is 2.10. The maximum absolute atomic E-state index is 12.4. The lowest BCUT2D eigenvalue weighted by Gasteiger charge is -2.07. The van der Waals surface area contributed by atoms with E-state index in [-0.39, 0.29) is 11.6 Å². The first-order valence-corrected chi connectivity index (χ1v) is 7.85. The van der Waals surface area contributed by atoms with Gasteiger partial charge in [-0.25, -0.2) is 0 Å². The van der Waals surface area contributed by atoms with Gasteiger partial charge in [0.1, 0.15) is 0 Å². The molecule has 0 radical (unpaired) electrons. The number of amides is 1. The summed E-state index contributed by atoms with van der Waals surface area (Å²) in [5, 5.41) is 13.5. The van der Waals surface area contributed by atoms with E-state index in [0.717, 1.165) is 5.56 Å². The van der Waals surface area contributed by atoms with Crippen LogP contribution in [-0.4, -0.2) is 10.8 Å². The van der Waals surface area contributed by atoms with Gasteiger partial charge in [-0.1, -0.05) is 42.2 Å². The second-order valence-electron chi connectivity index (χ2n) is 5.42. The minimum Gasteiger partial charge on any atom is -0.321 e. The summed E-state index contributed by atoms with van der Waals surface area (Å²) in [7, 11) is 0.